The van der Waals surface area contributed by atoms with E-state index in [1.807, 2.05) is 11.8 Å². The largest absolute Gasteiger partial charge is 0.242 e. The van der Waals surface area contributed by atoms with Gasteiger partial charge in [0.15, 0.2) is 0 Å². The quantitative estimate of drug-likeness (QED) is 0.583. The maximum atomic E-state index is 4.92. The fourth-order valence-corrected chi connectivity index (χ4v) is 1.54. The van der Waals surface area contributed by atoms with Gasteiger partial charge in [0.1, 0.15) is 0 Å². The highest BCUT2D eigenvalue weighted by atomic mass is 32.2. The van der Waals surface area contributed by atoms with Gasteiger partial charge in [-0.2, -0.15) is 17.0 Å². The minimum Gasteiger partial charge on any atom is -0.242 e. The molecule has 0 spiro atoms. The van der Waals surface area contributed by atoms with Crippen LogP contribution in [-0.4, -0.2) is 32.2 Å². The second kappa shape index (κ2) is 5.31. The van der Waals surface area contributed by atoms with E-state index in [2.05, 4.69) is 21.8 Å². The van der Waals surface area contributed by atoms with Crippen LogP contribution in [-0.2, 0) is 6.54 Å². The van der Waals surface area contributed by atoms with E-state index in [0.717, 1.165) is 13.0 Å². The Morgan fingerprint density at radius 2 is 2.42 bits per heavy atom. The molecule has 0 unspecified atom stereocenters. The van der Waals surface area contributed by atoms with Crippen LogP contribution < -0.4 is 0 Å². The highest BCUT2D eigenvalue weighted by Crippen LogP contribution is 2.00. The predicted octanol–water partition coefficient (Wildman–Crippen LogP) is 1.48. The van der Waals surface area contributed by atoms with Gasteiger partial charge >= 0.3 is 0 Å². The number of thioether (sulfide) groups is 1. The van der Waals surface area contributed by atoms with Crippen LogP contribution in [0.4, 0.5) is 0 Å². The molecule has 0 aliphatic heterocycles. The standard InChI is InChI=1S/C6H12N4S2/c1-12-5-3-2-4-10-6(11)7-8-9-10/h2-5H2,1H3,(H,7,9,11). The van der Waals surface area contributed by atoms with Crippen LogP contribution in [0.3, 0.4) is 0 Å². The maximum absolute atomic E-state index is 4.92. The van der Waals surface area contributed by atoms with Crippen LogP contribution in [0.25, 0.3) is 0 Å². The molecule has 0 aliphatic rings. The predicted molar refractivity (Wildman–Crippen MR) is 52.8 cm³/mol. The number of unbranched alkanes of at least 4 members (excludes halogenated alkanes) is 1. The van der Waals surface area contributed by atoms with Crippen LogP contribution in [0.5, 0.6) is 0 Å². The number of hydrogen-bond donors (Lipinski definition) is 1. The lowest BCUT2D eigenvalue weighted by atomic mass is 10.3. The lowest BCUT2D eigenvalue weighted by molar-refractivity contribution is 0.549. The van der Waals surface area contributed by atoms with Gasteiger partial charge in [-0.15, -0.1) is 0 Å². The van der Waals surface area contributed by atoms with E-state index in [0.29, 0.717) is 4.77 Å². The Labute approximate surface area is 80.7 Å². The average molecular weight is 204 g/mol. The molecule has 0 bridgehead atoms. The lowest BCUT2D eigenvalue weighted by Gasteiger charge is -1.98. The summed E-state index contributed by atoms with van der Waals surface area (Å²) in [5, 5.41) is 10.0. The van der Waals surface area contributed by atoms with Crippen molar-refractivity contribution in [2.24, 2.45) is 0 Å². The number of rotatable bonds is 5. The topological polar surface area (TPSA) is 46.5 Å². The van der Waals surface area contributed by atoms with E-state index in [4.69, 9.17) is 12.2 Å². The Bertz CT molecular complexity index is 267. The van der Waals surface area contributed by atoms with Gasteiger partial charge in [0, 0.05) is 6.54 Å². The first-order valence-corrected chi connectivity index (χ1v) is 5.61. The molecule has 0 fully saturated rings. The molecule has 6 heteroatoms. The molecule has 0 saturated heterocycles. The fraction of sp³-hybridized carbons (Fsp3) is 0.833. The Morgan fingerprint density at radius 1 is 1.58 bits per heavy atom. The summed E-state index contributed by atoms with van der Waals surface area (Å²) in [7, 11) is 0. The van der Waals surface area contributed by atoms with Crippen LogP contribution >= 0.6 is 24.0 Å². The molecule has 1 heterocycles. The van der Waals surface area contributed by atoms with Crippen molar-refractivity contribution in [1.29, 1.82) is 0 Å². The van der Waals surface area contributed by atoms with Crippen molar-refractivity contribution in [2.75, 3.05) is 12.0 Å². The molecule has 0 radical (unpaired) electrons. The minimum absolute atomic E-state index is 0.541. The highest BCUT2D eigenvalue weighted by Gasteiger charge is 1.93. The maximum Gasteiger partial charge on any atom is 0.238 e. The van der Waals surface area contributed by atoms with Crippen LogP contribution in [0, 0.1) is 4.77 Å². The Hall–Kier alpha value is -0.360. The number of nitrogens with one attached hydrogen (secondary N) is 1. The van der Waals surface area contributed by atoms with E-state index in [-0.39, 0.29) is 0 Å². The van der Waals surface area contributed by atoms with Gasteiger partial charge in [0.05, 0.1) is 0 Å². The highest BCUT2D eigenvalue weighted by molar-refractivity contribution is 7.98. The van der Waals surface area contributed by atoms with Gasteiger partial charge in [-0.3, -0.25) is 0 Å². The zero-order valence-electron chi connectivity index (χ0n) is 6.99. The molecule has 0 atom stereocenters. The normalized spacial score (nSPS) is 10.4. The lowest BCUT2D eigenvalue weighted by Crippen LogP contribution is -2.00. The Balaban J connectivity index is 2.24. The second-order valence-corrected chi connectivity index (χ2v) is 3.78. The van der Waals surface area contributed by atoms with Crippen molar-refractivity contribution in [3.8, 4) is 0 Å². The molecule has 0 aromatic carbocycles. The van der Waals surface area contributed by atoms with Crippen molar-refractivity contribution in [1.82, 2.24) is 20.2 Å². The molecule has 0 aliphatic carbocycles. The minimum atomic E-state index is 0.541. The summed E-state index contributed by atoms with van der Waals surface area (Å²) in [5.41, 5.74) is 0. The van der Waals surface area contributed by atoms with Crippen LogP contribution in [0.1, 0.15) is 12.8 Å². The zero-order valence-corrected chi connectivity index (χ0v) is 8.62. The molecule has 0 saturated carbocycles. The molecule has 1 aromatic rings. The van der Waals surface area contributed by atoms with Gasteiger partial charge < -0.3 is 0 Å². The van der Waals surface area contributed by atoms with E-state index in [1.165, 1.54) is 12.2 Å². The molecule has 4 nitrogen and oxygen atoms in total. The van der Waals surface area contributed by atoms with Gasteiger partial charge in [0.2, 0.25) is 4.77 Å². The molecule has 1 N–H and O–H groups in total. The van der Waals surface area contributed by atoms with Crippen LogP contribution in [0.2, 0.25) is 0 Å². The number of nitrogens with zero attached hydrogens (tertiary/aromatic N) is 3. The molecule has 0 amide bonds. The summed E-state index contributed by atoms with van der Waals surface area (Å²) in [6.45, 7) is 0.895. The third-order valence-corrected chi connectivity index (χ3v) is 2.51. The van der Waals surface area contributed by atoms with Gasteiger partial charge in [-0.05, 0) is 37.1 Å². The molecule has 1 aromatic heterocycles. The first-order chi connectivity index (χ1) is 5.84. The molecular formula is C6H12N4S2. The van der Waals surface area contributed by atoms with Gasteiger partial charge in [-0.25, -0.2) is 4.68 Å². The van der Waals surface area contributed by atoms with Gasteiger partial charge in [0.25, 0.3) is 0 Å². The first kappa shape index (κ1) is 9.73. The summed E-state index contributed by atoms with van der Waals surface area (Å²) in [4.78, 5) is 0. The van der Waals surface area contributed by atoms with E-state index in [9.17, 15) is 0 Å². The smallest absolute Gasteiger partial charge is 0.238 e. The average Bonchev–Trinajstić information content (AvgIpc) is 2.46. The van der Waals surface area contributed by atoms with E-state index in [1.54, 1.807) is 4.68 Å². The summed E-state index contributed by atoms with van der Waals surface area (Å²) in [6, 6.07) is 0. The summed E-state index contributed by atoms with van der Waals surface area (Å²) in [5.74, 6) is 1.20. The molecule has 1 rings (SSSR count). The summed E-state index contributed by atoms with van der Waals surface area (Å²) >= 11 is 6.78. The van der Waals surface area contributed by atoms with Crippen LogP contribution in [0.15, 0.2) is 0 Å². The molecule has 68 valence electrons. The summed E-state index contributed by atoms with van der Waals surface area (Å²) in [6.07, 6.45) is 4.45. The van der Waals surface area contributed by atoms with Crippen molar-refractivity contribution in [3.05, 3.63) is 4.77 Å². The third kappa shape index (κ3) is 2.94. The Morgan fingerprint density at radius 3 is 3.00 bits per heavy atom. The zero-order chi connectivity index (χ0) is 8.81. The van der Waals surface area contributed by atoms with E-state index >= 15 is 0 Å². The first-order valence-electron chi connectivity index (χ1n) is 3.81. The number of aromatic amines is 1. The molecule has 12 heavy (non-hydrogen) atoms. The Kier molecular flexibility index (Phi) is 4.31. The second-order valence-electron chi connectivity index (χ2n) is 2.43. The van der Waals surface area contributed by atoms with Crippen molar-refractivity contribution < 1.29 is 0 Å². The number of hydrogen-bond acceptors (Lipinski definition) is 4. The number of H-pyrrole nitrogens is 1. The third-order valence-electron chi connectivity index (χ3n) is 1.51. The SMILES string of the molecule is CSCCCCn1[nH]nnc1=S. The fourth-order valence-electron chi connectivity index (χ4n) is 0.878. The molecular weight excluding hydrogens is 192 g/mol. The number of tetrazole rings is 1. The monoisotopic (exact) mass is 204 g/mol. The van der Waals surface area contributed by atoms with Crippen molar-refractivity contribution in [2.45, 2.75) is 19.4 Å². The number of aryl methyl sites for hydroxylation is 1. The van der Waals surface area contributed by atoms with Gasteiger partial charge in [-0.1, -0.05) is 10.3 Å². The van der Waals surface area contributed by atoms with E-state index < -0.39 is 0 Å². The van der Waals surface area contributed by atoms with Crippen molar-refractivity contribution in [3.63, 3.8) is 0 Å². The summed E-state index contributed by atoms with van der Waals surface area (Å²) < 4.78 is 2.33. The van der Waals surface area contributed by atoms with Crippen molar-refractivity contribution >= 4 is 24.0 Å². The number of aromatic nitrogens is 4.